The molecular weight excluding hydrogens is 354 g/mol. The largest absolute Gasteiger partial charge is 0.350 e. The number of amides is 2. The zero-order valence-electron chi connectivity index (χ0n) is 14.3. The monoisotopic (exact) mass is 373 g/mol. The molecule has 1 aromatic carbocycles. The van der Waals surface area contributed by atoms with Gasteiger partial charge in [-0.2, -0.15) is 0 Å². The van der Waals surface area contributed by atoms with Gasteiger partial charge in [-0.1, -0.05) is 28.9 Å². The third-order valence-electron chi connectivity index (χ3n) is 5.05. The minimum atomic E-state index is -0.586. The molecule has 0 bridgehead atoms. The molecule has 4 rings (SSSR count). The third-order valence-corrected chi connectivity index (χ3v) is 5.37. The van der Waals surface area contributed by atoms with Gasteiger partial charge in [0.2, 0.25) is 11.7 Å². The smallest absolute Gasteiger partial charge is 0.290 e. The first kappa shape index (κ1) is 17.1. The average Bonchev–Trinajstić information content (AvgIpc) is 3.08. The number of nitrogens with one attached hydrogen (secondary N) is 1. The maximum atomic E-state index is 12.9. The van der Waals surface area contributed by atoms with Gasteiger partial charge in [-0.25, -0.2) is 0 Å². The first-order chi connectivity index (χ1) is 12.6. The van der Waals surface area contributed by atoms with Crippen molar-refractivity contribution in [2.75, 3.05) is 11.4 Å². The van der Waals surface area contributed by atoms with Gasteiger partial charge in [-0.15, -0.1) is 0 Å². The molecule has 0 spiro atoms. The van der Waals surface area contributed by atoms with Crippen LogP contribution in [0.15, 0.2) is 28.8 Å². The maximum absolute atomic E-state index is 12.9. The van der Waals surface area contributed by atoms with Crippen molar-refractivity contribution in [3.05, 3.63) is 46.3 Å². The molecule has 1 aliphatic carbocycles. The number of hydrogen-bond acceptors (Lipinski definition) is 4. The lowest BCUT2D eigenvalue weighted by atomic mass is 9.95. The summed E-state index contributed by atoms with van der Waals surface area (Å²) in [6.45, 7) is 0.590. The van der Waals surface area contributed by atoms with E-state index in [1.165, 1.54) is 0 Å². The topological polar surface area (TPSA) is 75.4 Å². The molecule has 2 aromatic rings. The fourth-order valence-corrected chi connectivity index (χ4v) is 3.95. The lowest BCUT2D eigenvalue weighted by Crippen LogP contribution is -2.52. The number of aromatic nitrogens is 1. The Hall–Kier alpha value is -2.34. The molecule has 1 fully saturated rings. The number of aryl methyl sites for hydroxylation is 1. The van der Waals surface area contributed by atoms with Crippen LogP contribution in [-0.4, -0.2) is 29.6 Å². The second kappa shape index (κ2) is 7.11. The van der Waals surface area contributed by atoms with Crippen LogP contribution in [-0.2, 0) is 17.6 Å². The average molecular weight is 374 g/mol. The second-order valence-electron chi connectivity index (χ2n) is 6.75. The summed E-state index contributed by atoms with van der Waals surface area (Å²) < 4.78 is 5.28. The van der Waals surface area contributed by atoms with Gasteiger partial charge in [0.15, 0.2) is 0 Å². The fourth-order valence-electron chi connectivity index (χ4n) is 3.71. The van der Waals surface area contributed by atoms with E-state index in [2.05, 4.69) is 10.5 Å². The summed E-state index contributed by atoms with van der Waals surface area (Å²) in [6.07, 6.45) is 5.12. The number of piperidine rings is 1. The highest BCUT2D eigenvalue weighted by atomic mass is 35.5. The van der Waals surface area contributed by atoms with Crippen molar-refractivity contribution >= 4 is 29.1 Å². The van der Waals surface area contributed by atoms with Gasteiger partial charge in [-0.3, -0.25) is 9.59 Å². The van der Waals surface area contributed by atoms with E-state index in [1.54, 1.807) is 11.0 Å². The lowest BCUT2D eigenvalue weighted by Gasteiger charge is -2.33. The van der Waals surface area contributed by atoms with Crippen LogP contribution in [0.4, 0.5) is 5.69 Å². The summed E-state index contributed by atoms with van der Waals surface area (Å²) in [6, 6.07) is 6.66. The zero-order chi connectivity index (χ0) is 18.1. The Balaban J connectivity index is 1.51. The molecule has 0 radical (unpaired) electrons. The highest BCUT2D eigenvalue weighted by molar-refractivity contribution is 6.33. The van der Waals surface area contributed by atoms with Crippen molar-refractivity contribution in [1.29, 1.82) is 0 Å². The van der Waals surface area contributed by atoms with E-state index in [1.807, 2.05) is 18.2 Å². The van der Waals surface area contributed by atoms with Crippen LogP contribution in [0.2, 0.25) is 5.02 Å². The van der Waals surface area contributed by atoms with Gasteiger partial charge in [-0.05, 0) is 50.7 Å². The Labute approximate surface area is 156 Å². The van der Waals surface area contributed by atoms with Gasteiger partial charge in [0, 0.05) is 12.1 Å². The van der Waals surface area contributed by atoms with Crippen LogP contribution in [0.3, 0.4) is 0 Å². The van der Waals surface area contributed by atoms with Gasteiger partial charge in [0.25, 0.3) is 5.91 Å². The van der Waals surface area contributed by atoms with E-state index in [-0.39, 0.29) is 17.6 Å². The van der Waals surface area contributed by atoms with E-state index in [4.69, 9.17) is 16.1 Å². The molecule has 26 heavy (non-hydrogen) atoms. The van der Waals surface area contributed by atoms with E-state index < -0.39 is 6.04 Å². The molecule has 1 unspecified atom stereocenters. The Morgan fingerprint density at radius 1 is 1.23 bits per heavy atom. The number of anilines is 1. The van der Waals surface area contributed by atoms with E-state index >= 15 is 0 Å². The molecule has 1 N–H and O–H groups in total. The summed E-state index contributed by atoms with van der Waals surface area (Å²) in [5, 5.41) is 7.37. The summed E-state index contributed by atoms with van der Waals surface area (Å²) in [7, 11) is 0. The van der Waals surface area contributed by atoms with Gasteiger partial charge >= 0.3 is 0 Å². The van der Waals surface area contributed by atoms with Gasteiger partial charge < -0.3 is 14.7 Å². The number of carbonyl (C=O) groups is 2. The number of hydrogen-bond donors (Lipinski definition) is 1. The number of para-hydroxylation sites is 1. The molecule has 1 aliphatic heterocycles. The van der Waals surface area contributed by atoms with Crippen molar-refractivity contribution < 1.29 is 14.1 Å². The fraction of sp³-hybridized carbons (Fsp3) is 0.421. The quantitative estimate of drug-likeness (QED) is 0.896. The minimum absolute atomic E-state index is 0.147. The molecule has 2 amide bonds. The normalized spacial score (nSPS) is 20.0. The second-order valence-corrected chi connectivity index (χ2v) is 7.16. The molecule has 136 valence electrons. The molecule has 0 saturated carbocycles. The van der Waals surface area contributed by atoms with E-state index in [0.717, 1.165) is 43.4 Å². The SMILES string of the molecule is O=C(NC1CCCN(c2ccccc2Cl)C1=O)c1onc2c1CCCC2. The number of benzene rings is 1. The third kappa shape index (κ3) is 3.09. The summed E-state index contributed by atoms with van der Waals surface area (Å²) in [4.78, 5) is 27.2. The van der Waals surface area contributed by atoms with E-state index in [9.17, 15) is 9.59 Å². The number of fused-ring (bicyclic) bond motifs is 1. The van der Waals surface area contributed by atoms with Crippen LogP contribution in [0.1, 0.15) is 47.5 Å². The Morgan fingerprint density at radius 2 is 2.04 bits per heavy atom. The summed E-state index contributed by atoms with van der Waals surface area (Å²) >= 11 is 6.23. The predicted octanol–water partition coefficient (Wildman–Crippen LogP) is 3.13. The molecular formula is C19H20ClN3O3. The van der Waals surface area contributed by atoms with Crippen molar-refractivity contribution in [1.82, 2.24) is 10.5 Å². The Bertz CT molecular complexity index is 848. The van der Waals surface area contributed by atoms with E-state index in [0.29, 0.717) is 23.7 Å². The van der Waals surface area contributed by atoms with Crippen LogP contribution < -0.4 is 10.2 Å². The highest BCUT2D eigenvalue weighted by Crippen LogP contribution is 2.29. The summed E-state index contributed by atoms with van der Waals surface area (Å²) in [5.74, 6) is -0.256. The van der Waals surface area contributed by atoms with Crippen LogP contribution >= 0.6 is 11.6 Å². The van der Waals surface area contributed by atoms with Gasteiger partial charge in [0.05, 0.1) is 16.4 Å². The molecule has 2 heterocycles. The first-order valence-electron chi connectivity index (χ1n) is 8.99. The van der Waals surface area contributed by atoms with Crippen LogP contribution in [0.25, 0.3) is 0 Å². The lowest BCUT2D eigenvalue weighted by molar-refractivity contribution is -0.121. The van der Waals surface area contributed by atoms with Crippen LogP contribution in [0.5, 0.6) is 0 Å². The number of rotatable bonds is 3. The van der Waals surface area contributed by atoms with Crippen molar-refractivity contribution in [2.24, 2.45) is 0 Å². The van der Waals surface area contributed by atoms with Gasteiger partial charge in [0.1, 0.15) is 6.04 Å². The van der Waals surface area contributed by atoms with Crippen molar-refractivity contribution in [3.8, 4) is 0 Å². The Kier molecular flexibility index (Phi) is 4.68. The molecule has 1 atom stereocenters. The number of carbonyl (C=O) groups excluding carboxylic acids is 2. The Morgan fingerprint density at radius 3 is 2.88 bits per heavy atom. The van der Waals surface area contributed by atoms with Crippen molar-refractivity contribution in [3.63, 3.8) is 0 Å². The predicted molar refractivity (Wildman–Crippen MR) is 97.4 cm³/mol. The van der Waals surface area contributed by atoms with Crippen LogP contribution in [0, 0.1) is 0 Å². The van der Waals surface area contributed by atoms with Crippen molar-refractivity contribution in [2.45, 2.75) is 44.6 Å². The zero-order valence-corrected chi connectivity index (χ0v) is 15.1. The molecule has 7 heteroatoms. The molecule has 2 aliphatic rings. The maximum Gasteiger partial charge on any atom is 0.290 e. The minimum Gasteiger partial charge on any atom is -0.350 e. The highest BCUT2D eigenvalue weighted by Gasteiger charge is 2.33. The molecule has 1 saturated heterocycles. The first-order valence-corrected chi connectivity index (χ1v) is 9.37. The number of nitrogens with zero attached hydrogens (tertiary/aromatic N) is 2. The standard InChI is InChI=1S/C19H20ClN3O3/c20-13-7-2-4-10-16(13)23-11-5-9-15(19(23)25)21-18(24)17-12-6-1-3-8-14(12)22-26-17/h2,4,7,10,15H,1,3,5-6,8-9,11H2,(H,21,24). The molecule has 1 aromatic heterocycles. The molecule has 6 nitrogen and oxygen atoms in total. The summed E-state index contributed by atoms with van der Waals surface area (Å²) in [5.41, 5.74) is 2.43. The number of halogens is 1.